The number of halogens is 1. The van der Waals surface area contributed by atoms with Gasteiger partial charge in [-0.15, -0.1) is 11.3 Å². The fourth-order valence-electron chi connectivity index (χ4n) is 3.14. The van der Waals surface area contributed by atoms with Gasteiger partial charge in [-0.3, -0.25) is 9.59 Å². The summed E-state index contributed by atoms with van der Waals surface area (Å²) in [6.07, 6.45) is 1.35. The summed E-state index contributed by atoms with van der Waals surface area (Å²) in [5.74, 6) is -0.120. The number of thiophene rings is 1. The predicted octanol–water partition coefficient (Wildman–Crippen LogP) is 3.44. The Balaban J connectivity index is 1.48. The van der Waals surface area contributed by atoms with Crippen LogP contribution in [0.25, 0.3) is 15.9 Å². The van der Waals surface area contributed by atoms with Crippen LogP contribution in [0.2, 0.25) is 5.15 Å². The standard InChI is InChI=1S/C21H19ClN6O2S/c1-11-13(3)31-21-18(11)20(30)24-16(25-21)9-17(29)26-23-10-15-12(2)27-28(19(15)22)14-7-5-4-6-8-14/h4-8,10H,9H2,1-3H3,(H,26,29)(H,24,25,30)/b23-10+. The van der Waals surface area contributed by atoms with Crippen LogP contribution in [0.3, 0.4) is 0 Å². The smallest absolute Gasteiger partial charge is 0.259 e. The zero-order valence-electron chi connectivity index (χ0n) is 17.1. The van der Waals surface area contributed by atoms with Gasteiger partial charge in [0, 0.05) is 4.88 Å². The van der Waals surface area contributed by atoms with Crippen molar-refractivity contribution in [1.29, 1.82) is 0 Å². The van der Waals surface area contributed by atoms with Crippen molar-refractivity contribution in [3.05, 3.63) is 73.4 Å². The molecule has 1 aromatic carbocycles. The van der Waals surface area contributed by atoms with Gasteiger partial charge < -0.3 is 4.98 Å². The number of aryl methyl sites for hydroxylation is 3. The summed E-state index contributed by atoms with van der Waals surface area (Å²) in [7, 11) is 0. The highest BCUT2D eigenvalue weighted by molar-refractivity contribution is 7.18. The first-order valence-corrected chi connectivity index (χ1v) is 10.7. The quantitative estimate of drug-likeness (QED) is 0.356. The topological polar surface area (TPSA) is 105 Å². The largest absolute Gasteiger partial charge is 0.309 e. The minimum atomic E-state index is -0.409. The molecule has 4 aromatic rings. The van der Waals surface area contributed by atoms with Gasteiger partial charge in [0.2, 0.25) is 5.91 Å². The van der Waals surface area contributed by atoms with E-state index in [-0.39, 0.29) is 17.8 Å². The van der Waals surface area contributed by atoms with E-state index >= 15 is 0 Å². The van der Waals surface area contributed by atoms with Crippen molar-refractivity contribution in [1.82, 2.24) is 25.2 Å². The number of carbonyl (C=O) groups excluding carboxylic acids is 1. The molecule has 0 aliphatic heterocycles. The first-order chi connectivity index (χ1) is 14.8. The van der Waals surface area contributed by atoms with E-state index in [9.17, 15) is 9.59 Å². The molecule has 158 valence electrons. The minimum Gasteiger partial charge on any atom is -0.309 e. The first-order valence-electron chi connectivity index (χ1n) is 9.46. The number of benzene rings is 1. The maximum absolute atomic E-state index is 12.3. The zero-order valence-corrected chi connectivity index (χ0v) is 18.6. The molecule has 0 unspecified atom stereocenters. The monoisotopic (exact) mass is 454 g/mol. The van der Waals surface area contributed by atoms with Crippen LogP contribution in [0.15, 0.2) is 40.2 Å². The van der Waals surface area contributed by atoms with E-state index < -0.39 is 5.91 Å². The summed E-state index contributed by atoms with van der Waals surface area (Å²) in [6, 6.07) is 9.48. The lowest BCUT2D eigenvalue weighted by molar-refractivity contribution is -0.120. The van der Waals surface area contributed by atoms with Gasteiger partial charge in [-0.25, -0.2) is 15.1 Å². The van der Waals surface area contributed by atoms with E-state index in [1.165, 1.54) is 17.6 Å². The number of fused-ring (bicyclic) bond motifs is 1. The number of hydrazone groups is 1. The van der Waals surface area contributed by atoms with Gasteiger partial charge in [-0.05, 0) is 38.5 Å². The maximum atomic E-state index is 12.3. The number of amides is 1. The van der Waals surface area contributed by atoms with E-state index in [1.807, 2.05) is 51.1 Å². The number of aromatic amines is 1. The molecule has 0 fully saturated rings. The lowest BCUT2D eigenvalue weighted by Gasteiger charge is -2.02. The van der Waals surface area contributed by atoms with E-state index in [0.717, 1.165) is 16.1 Å². The Bertz CT molecular complexity index is 1370. The zero-order chi connectivity index (χ0) is 22.1. The van der Waals surface area contributed by atoms with Crippen LogP contribution in [0, 0.1) is 20.8 Å². The second-order valence-electron chi connectivity index (χ2n) is 6.98. The molecular weight excluding hydrogens is 436 g/mol. The fraction of sp³-hybridized carbons (Fsp3) is 0.190. The summed E-state index contributed by atoms with van der Waals surface area (Å²) in [4.78, 5) is 33.4. The summed E-state index contributed by atoms with van der Waals surface area (Å²) in [5.41, 5.74) is 5.21. The lowest BCUT2D eigenvalue weighted by atomic mass is 10.2. The van der Waals surface area contributed by atoms with E-state index in [2.05, 4.69) is 25.6 Å². The van der Waals surface area contributed by atoms with Gasteiger partial charge in [0.15, 0.2) is 0 Å². The number of para-hydroxylation sites is 1. The number of aromatic nitrogens is 4. The van der Waals surface area contributed by atoms with Gasteiger partial charge in [0.25, 0.3) is 5.56 Å². The molecule has 1 amide bonds. The minimum absolute atomic E-state index is 0.103. The van der Waals surface area contributed by atoms with Crippen LogP contribution < -0.4 is 11.0 Å². The molecule has 0 spiro atoms. The lowest BCUT2D eigenvalue weighted by Crippen LogP contribution is -2.23. The molecule has 8 nitrogen and oxygen atoms in total. The maximum Gasteiger partial charge on any atom is 0.259 e. The molecule has 31 heavy (non-hydrogen) atoms. The highest BCUT2D eigenvalue weighted by atomic mass is 35.5. The number of rotatable bonds is 5. The molecule has 10 heteroatoms. The molecule has 0 atom stereocenters. The third kappa shape index (κ3) is 4.14. The molecule has 4 rings (SSSR count). The van der Waals surface area contributed by atoms with Crippen LogP contribution >= 0.6 is 22.9 Å². The van der Waals surface area contributed by atoms with Crippen molar-refractivity contribution < 1.29 is 4.79 Å². The molecule has 3 aromatic heterocycles. The second kappa shape index (κ2) is 8.44. The first kappa shape index (κ1) is 21.0. The predicted molar refractivity (Wildman–Crippen MR) is 122 cm³/mol. The van der Waals surface area contributed by atoms with E-state index in [1.54, 1.807) is 4.68 Å². The number of hydrogen-bond acceptors (Lipinski definition) is 6. The number of nitrogens with one attached hydrogen (secondary N) is 2. The Morgan fingerprint density at radius 1 is 1.29 bits per heavy atom. The van der Waals surface area contributed by atoms with Crippen molar-refractivity contribution in [3.63, 3.8) is 0 Å². The van der Waals surface area contributed by atoms with Crippen molar-refractivity contribution in [2.75, 3.05) is 0 Å². The van der Waals surface area contributed by atoms with Crippen molar-refractivity contribution >= 4 is 45.3 Å². The Morgan fingerprint density at radius 2 is 2.03 bits per heavy atom. The molecule has 2 N–H and O–H groups in total. The SMILES string of the molecule is Cc1nn(-c2ccccc2)c(Cl)c1/C=N/NC(=O)Cc1nc2sc(C)c(C)c2c(=O)[nH]1. The molecular formula is C21H19ClN6O2S. The van der Waals surface area contributed by atoms with Crippen LogP contribution in [0.1, 0.15) is 27.5 Å². The molecule has 0 radical (unpaired) electrons. The van der Waals surface area contributed by atoms with Crippen LogP contribution in [-0.4, -0.2) is 31.9 Å². The summed E-state index contributed by atoms with van der Waals surface area (Å²) >= 11 is 7.88. The van der Waals surface area contributed by atoms with Crippen molar-refractivity contribution in [2.45, 2.75) is 27.2 Å². The second-order valence-corrected chi connectivity index (χ2v) is 8.54. The normalized spacial score (nSPS) is 11.5. The third-order valence-corrected chi connectivity index (χ3v) is 6.31. The Kier molecular flexibility index (Phi) is 5.71. The average molecular weight is 455 g/mol. The van der Waals surface area contributed by atoms with Crippen LogP contribution in [0.5, 0.6) is 0 Å². The fourth-order valence-corrected chi connectivity index (χ4v) is 4.51. The Labute approximate surface area is 186 Å². The summed E-state index contributed by atoms with van der Waals surface area (Å²) < 4.78 is 1.61. The average Bonchev–Trinajstić information content (AvgIpc) is 3.18. The van der Waals surface area contributed by atoms with Crippen molar-refractivity contribution in [3.8, 4) is 5.69 Å². The number of hydrogen-bond donors (Lipinski definition) is 2. The number of carbonyl (C=O) groups is 1. The molecule has 3 heterocycles. The molecule has 0 saturated heterocycles. The van der Waals surface area contributed by atoms with Crippen LogP contribution in [0.4, 0.5) is 0 Å². The van der Waals surface area contributed by atoms with Crippen molar-refractivity contribution in [2.24, 2.45) is 5.10 Å². The Morgan fingerprint density at radius 3 is 2.77 bits per heavy atom. The molecule has 0 saturated carbocycles. The molecule has 0 bridgehead atoms. The van der Waals surface area contributed by atoms with Gasteiger partial charge in [0.1, 0.15) is 15.8 Å². The third-order valence-electron chi connectivity index (χ3n) is 4.85. The highest BCUT2D eigenvalue weighted by Gasteiger charge is 2.15. The van der Waals surface area contributed by atoms with E-state index in [0.29, 0.717) is 26.6 Å². The number of H-pyrrole nitrogens is 1. The van der Waals surface area contributed by atoms with Gasteiger partial charge in [-0.2, -0.15) is 10.2 Å². The van der Waals surface area contributed by atoms with Gasteiger partial charge in [-0.1, -0.05) is 29.8 Å². The Hall–Kier alpha value is -3.30. The summed E-state index contributed by atoms with van der Waals surface area (Å²) in [6.45, 7) is 5.64. The van der Waals surface area contributed by atoms with Crippen LogP contribution in [-0.2, 0) is 11.2 Å². The summed E-state index contributed by atoms with van der Waals surface area (Å²) in [5, 5.41) is 9.38. The van der Waals surface area contributed by atoms with Gasteiger partial charge in [0.05, 0.1) is 35.0 Å². The highest BCUT2D eigenvalue weighted by Crippen LogP contribution is 2.25. The van der Waals surface area contributed by atoms with Gasteiger partial charge >= 0.3 is 0 Å². The van der Waals surface area contributed by atoms with E-state index in [4.69, 9.17) is 11.6 Å². The molecule has 0 aliphatic rings. The molecule has 0 aliphatic carbocycles. The number of nitrogens with zero attached hydrogens (tertiary/aromatic N) is 4.